The van der Waals surface area contributed by atoms with E-state index in [1.54, 1.807) is 18.5 Å². The molecule has 2 aliphatic rings. The molecule has 180 valence electrons. The number of benzene rings is 1. The Balaban J connectivity index is 1.53. The zero-order chi connectivity index (χ0) is 24.2. The van der Waals surface area contributed by atoms with E-state index < -0.39 is 5.91 Å². The van der Waals surface area contributed by atoms with Gasteiger partial charge >= 0.3 is 0 Å². The highest BCUT2D eigenvalue weighted by Gasteiger charge is 2.29. The fraction of sp³-hybridized carbons (Fsp3) is 0.320. The fourth-order valence-electron chi connectivity index (χ4n) is 4.37. The quantitative estimate of drug-likeness (QED) is 0.531. The largest absolute Gasteiger partial charge is 0.378 e. The van der Waals surface area contributed by atoms with E-state index in [1.807, 2.05) is 30.3 Å². The molecule has 2 aromatic heterocycles. The molecule has 0 unspecified atom stereocenters. The Morgan fingerprint density at radius 3 is 2.63 bits per heavy atom. The van der Waals surface area contributed by atoms with Gasteiger partial charge in [0.2, 0.25) is 11.9 Å². The number of nitrogens with one attached hydrogen (secondary N) is 1. The van der Waals surface area contributed by atoms with E-state index in [0.29, 0.717) is 24.7 Å². The molecule has 4 heterocycles. The van der Waals surface area contributed by atoms with Crippen LogP contribution in [0.2, 0.25) is 0 Å². The molecular formula is C25H27N7O3. The van der Waals surface area contributed by atoms with Crippen LogP contribution in [0.25, 0.3) is 11.3 Å². The number of nitrogens with two attached hydrogens (primary N) is 1. The van der Waals surface area contributed by atoms with E-state index in [1.165, 1.54) is 0 Å². The number of morpholine rings is 1. The monoisotopic (exact) mass is 473 g/mol. The number of rotatable bonds is 7. The van der Waals surface area contributed by atoms with Gasteiger partial charge in [-0.15, -0.1) is 0 Å². The van der Waals surface area contributed by atoms with Crippen LogP contribution >= 0.6 is 0 Å². The number of hydrogen-bond acceptors (Lipinski definition) is 8. The summed E-state index contributed by atoms with van der Waals surface area (Å²) in [6, 6.07) is 11.3. The number of hydrogen-bond donors (Lipinski definition) is 2. The van der Waals surface area contributed by atoms with E-state index >= 15 is 0 Å². The number of pyridine rings is 1. The Morgan fingerprint density at radius 2 is 1.86 bits per heavy atom. The molecule has 10 nitrogen and oxygen atoms in total. The summed E-state index contributed by atoms with van der Waals surface area (Å²) in [6.45, 7) is 3.67. The van der Waals surface area contributed by atoms with E-state index in [0.717, 1.165) is 54.4 Å². The molecule has 5 rings (SSSR count). The third kappa shape index (κ3) is 4.92. The average Bonchev–Trinajstić information content (AvgIpc) is 3.33. The maximum Gasteiger partial charge on any atom is 0.251 e. The van der Waals surface area contributed by atoms with Crippen molar-refractivity contribution in [3.8, 4) is 11.3 Å². The third-order valence-corrected chi connectivity index (χ3v) is 6.14. The Kier molecular flexibility index (Phi) is 6.53. The van der Waals surface area contributed by atoms with E-state index in [9.17, 15) is 9.59 Å². The molecule has 1 saturated heterocycles. The van der Waals surface area contributed by atoms with Crippen LogP contribution in [0.3, 0.4) is 0 Å². The number of carbonyl (C=O) groups is 2. The van der Waals surface area contributed by atoms with Crippen LogP contribution in [0, 0.1) is 0 Å². The van der Waals surface area contributed by atoms with Crippen molar-refractivity contribution in [2.45, 2.75) is 12.8 Å². The minimum absolute atomic E-state index is 0.0958. The lowest BCUT2D eigenvalue weighted by molar-refractivity contribution is -0.117. The number of carbonyl (C=O) groups excluding carboxylic acids is 2. The highest BCUT2D eigenvalue weighted by atomic mass is 16.5. The third-order valence-electron chi connectivity index (χ3n) is 6.14. The molecule has 0 saturated carbocycles. The lowest BCUT2D eigenvalue weighted by Crippen LogP contribution is -2.37. The van der Waals surface area contributed by atoms with Gasteiger partial charge in [-0.2, -0.15) is 4.98 Å². The second kappa shape index (κ2) is 10.1. The van der Waals surface area contributed by atoms with Crippen LogP contribution in [0.15, 0.2) is 48.8 Å². The van der Waals surface area contributed by atoms with Gasteiger partial charge in [0.15, 0.2) is 0 Å². The summed E-state index contributed by atoms with van der Waals surface area (Å²) in [5, 5.41) is 2.74. The van der Waals surface area contributed by atoms with Gasteiger partial charge in [0, 0.05) is 67.4 Å². The molecule has 0 spiro atoms. The molecule has 2 aliphatic heterocycles. The van der Waals surface area contributed by atoms with E-state index in [4.69, 9.17) is 20.4 Å². The normalized spacial score (nSPS) is 15.1. The summed E-state index contributed by atoms with van der Waals surface area (Å²) >= 11 is 0. The van der Waals surface area contributed by atoms with Gasteiger partial charge in [-0.3, -0.25) is 14.6 Å². The van der Waals surface area contributed by atoms with Gasteiger partial charge in [-0.25, -0.2) is 4.98 Å². The molecule has 3 N–H and O–H groups in total. The number of ether oxygens (including phenoxy) is 1. The summed E-state index contributed by atoms with van der Waals surface area (Å²) in [4.78, 5) is 42.1. The molecule has 1 aromatic carbocycles. The van der Waals surface area contributed by atoms with Crippen molar-refractivity contribution < 1.29 is 14.3 Å². The van der Waals surface area contributed by atoms with Gasteiger partial charge in [-0.05, 0) is 30.7 Å². The van der Waals surface area contributed by atoms with E-state index in [-0.39, 0.29) is 18.9 Å². The molecule has 10 heteroatoms. The van der Waals surface area contributed by atoms with Crippen molar-refractivity contribution in [1.82, 2.24) is 20.3 Å². The highest BCUT2D eigenvalue weighted by Crippen LogP contribution is 2.39. The van der Waals surface area contributed by atoms with Crippen molar-refractivity contribution in [1.29, 1.82) is 0 Å². The number of fused-ring (bicyclic) bond motifs is 1. The van der Waals surface area contributed by atoms with Gasteiger partial charge in [0.1, 0.15) is 5.82 Å². The van der Waals surface area contributed by atoms with Crippen LogP contribution in [-0.4, -0.2) is 66.2 Å². The van der Waals surface area contributed by atoms with Gasteiger partial charge in [0.05, 0.1) is 18.9 Å². The molecule has 1 fully saturated rings. The Morgan fingerprint density at radius 1 is 1.06 bits per heavy atom. The summed E-state index contributed by atoms with van der Waals surface area (Å²) in [5.41, 5.74) is 9.41. The van der Waals surface area contributed by atoms with Crippen molar-refractivity contribution >= 4 is 29.3 Å². The maximum atomic E-state index is 12.7. The SMILES string of the molecule is NC(=O)CCNC(=O)c1cccc(-c2nc(N3CCOCC3)nc3c2CCN3c2ccncc2)c1. The van der Waals surface area contributed by atoms with Gasteiger partial charge < -0.3 is 25.6 Å². The molecular weight excluding hydrogens is 446 g/mol. The van der Waals surface area contributed by atoms with Crippen LogP contribution in [0.4, 0.5) is 17.5 Å². The lowest BCUT2D eigenvalue weighted by Gasteiger charge is -2.28. The van der Waals surface area contributed by atoms with Crippen LogP contribution in [0.1, 0.15) is 22.3 Å². The predicted molar refractivity (Wildman–Crippen MR) is 132 cm³/mol. The first-order valence-corrected chi connectivity index (χ1v) is 11.7. The summed E-state index contributed by atoms with van der Waals surface area (Å²) < 4.78 is 5.52. The summed E-state index contributed by atoms with van der Waals surface area (Å²) in [7, 11) is 0. The second-order valence-electron chi connectivity index (χ2n) is 8.43. The van der Waals surface area contributed by atoms with Crippen molar-refractivity contribution in [3.05, 3.63) is 59.9 Å². The summed E-state index contributed by atoms with van der Waals surface area (Å²) in [5.74, 6) is 0.814. The standard InChI is InChI=1S/C25H27N7O3/c26-21(33)6-10-28-24(34)18-3-1-2-17(16-18)22-20-7-11-32(19-4-8-27-9-5-19)23(20)30-25(29-22)31-12-14-35-15-13-31/h1-5,8-9,16H,6-7,10-15H2,(H2,26,33)(H,28,34). The van der Waals surface area contributed by atoms with Gasteiger partial charge in [0.25, 0.3) is 5.91 Å². The number of aromatic nitrogens is 3. The molecule has 0 bridgehead atoms. The van der Waals surface area contributed by atoms with E-state index in [2.05, 4.69) is 20.1 Å². The zero-order valence-corrected chi connectivity index (χ0v) is 19.3. The predicted octanol–water partition coefficient (Wildman–Crippen LogP) is 1.67. The molecule has 0 atom stereocenters. The number of primary amides is 1. The first-order valence-electron chi connectivity index (χ1n) is 11.7. The lowest BCUT2D eigenvalue weighted by atomic mass is 10.0. The second-order valence-corrected chi connectivity index (χ2v) is 8.43. The Bertz CT molecular complexity index is 1230. The average molecular weight is 474 g/mol. The van der Waals surface area contributed by atoms with Crippen LogP contribution in [0.5, 0.6) is 0 Å². The van der Waals surface area contributed by atoms with Crippen molar-refractivity contribution in [2.24, 2.45) is 5.73 Å². The smallest absolute Gasteiger partial charge is 0.251 e. The minimum Gasteiger partial charge on any atom is -0.378 e. The maximum absolute atomic E-state index is 12.7. The zero-order valence-electron chi connectivity index (χ0n) is 19.3. The number of amides is 2. The van der Waals surface area contributed by atoms with Crippen LogP contribution in [-0.2, 0) is 16.0 Å². The topological polar surface area (TPSA) is 127 Å². The number of anilines is 3. The molecule has 2 amide bonds. The van der Waals surface area contributed by atoms with Crippen molar-refractivity contribution in [2.75, 3.05) is 49.2 Å². The Labute approximate surface area is 203 Å². The molecule has 0 radical (unpaired) electrons. The molecule has 3 aromatic rings. The first kappa shape index (κ1) is 22.7. The van der Waals surface area contributed by atoms with Gasteiger partial charge in [-0.1, -0.05) is 12.1 Å². The minimum atomic E-state index is -0.454. The van der Waals surface area contributed by atoms with Crippen molar-refractivity contribution in [3.63, 3.8) is 0 Å². The number of nitrogens with zero attached hydrogens (tertiary/aromatic N) is 5. The first-order chi connectivity index (χ1) is 17.1. The summed E-state index contributed by atoms with van der Waals surface area (Å²) in [6.07, 6.45) is 4.43. The molecule has 0 aliphatic carbocycles. The molecule has 35 heavy (non-hydrogen) atoms. The fourth-order valence-corrected chi connectivity index (χ4v) is 4.37. The van der Waals surface area contributed by atoms with Crippen LogP contribution < -0.4 is 20.9 Å². The Hall–Kier alpha value is -4.05. The highest BCUT2D eigenvalue weighted by molar-refractivity contribution is 5.95.